The summed E-state index contributed by atoms with van der Waals surface area (Å²) in [5.74, 6) is 0. The second-order valence-electron chi connectivity index (χ2n) is 5.58. The van der Waals surface area contributed by atoms with E-state index in [0.29, 0.717) is 6.54 Å². The average molecular weight is 276 g/mol. The Morgan fingerprint density at radius 1 is 1.25 bits per heavy atom. The van der Waals surface area contributed by atoms with E-state index in [1.807, 2.05) is 12.1 Å². The van der Waals surface area contributed by atoms with E-state index >= 15 is 0 Å². The van der Waals surface area contributed by atoms with Gasteiger partial charge >= 0.3 is 6.03 Å². The van der Waals surface area contributed by atoms with Gasteiger partial charge in [-0.1, -0.05) is 24.3 Å². The molecule has 0 heterocycles. The molecule has 4 nitrogen and oxygen atoms in total. The maximum atomic E-state index is 11.8. The minimum Gasteiger partial charge on any atom is -0.393 e. The number of aryl methyl sites for hydroxylation is 1. The van der Waals surface area contributed by atoms with Gasteiger partial charge in [-0.15, -0.1) is 0 Å². The van der Waals surface area contributed by atoms with E-state index in [2.05, 4.69) is 29.7 Å². The number of amides is 2. The maximum absolute atomic E-state index is 11.8. The molecule has 0 bridgehead atoms. The summed E-state index contributed by atoms with van der Waals surface area (Å²) in [7, 11) is 0. The fraction of sp³-hybridized carbons (Fsp3) is 0.562. The molecule has 1 fully saturated rings. The third-order valence-corrected chi connectivity index (χ3v) is 3.97. The second-order valence-corrected chi connectivity index (χ2v) is 5.58. The van der Waals surface area contributed by atoms with Crippen molar-refractivity contribution in [3.63, 3.8) is 0 Å². The quantitative estimate of drug-likeness (QED) is 0.789. The molecule has 1 aromatic rings. The average Bonchev–Trinajstić information content (AvgIpc) is 2.43. The number of carbonyl (C=O) groups excluding carboxylic acids is 1. The van der Waals surface area contributed by atoms with E-state index in [9.17, 15) is 9.90 Å². The molecule has 0 unspecified atom stereocenters. The van der Waals surface area contributed by atoms with Crippen LogP contribution in [-0.4, -0.2) is 29.8 Å². The van der Waals surface area contributed by atoms with Crippen molar-refractivity contribution in [2.24, 2.45) is 0 Å². The van der Waals surface area contributed by atoms with Crippen molar-refractivity contribution in [2.45, 2.75) is 51.2 Å². The molecule has 20 heavy (non-hydrogen) atoms. The zero-order valence-electron chi connectivity index (χ0n) is 12.1. The topological polar surface area (TPSA) is 61.4 Å². The Kier molecular flexibility index (Phi) is 5.41. The van der Waals surface area contributed by atoms with Crippen LogP contribution in [0.1, 0.15) is 36.8 Å². The number of benzene rings is 1. The van der Waals surface area contributed by atoms with Crippen LogP contribution in [0.15, 0.2) is 24.3 Å². The number of aliphatic hydroxyl groups excluding tert-OH is 1. The number of urea groups is 1. The first-order chi connectivity index (χ1) is 9.65. The summed E-state index contributed by atoms with van der Waals surface area (Å²) >= 11 is 0. The first-order valence-electron chi connectivity index (χ1n) is 7.42. The molecule has 2 amide bonds. The summed E-state index contributed by atoms with van der Waals surface area (Å²) in [6, 6.07) is 8.34. The van der Waals surface area contributed by atoms with Crippen LogP contribution < -0.4 is 10.6 Å². The van der Waals surface area contributed by atoms with E-state index in [1.165, 1.54) is 11.1 Å². The Hall–Kier alpha value is -1.55. The van der Waals surface area contributed by atoms with Crippen molar-refractivity contribution in [1.82, 2.24) is 10.6 Å². The molecule has 3 N–H and O–H groups in total. The molecule has 1 aliphatic rings. The normalized spacial score (nSPS) is 22.3. The van der Waals surface area contributed by atoms with Crippen LogP contribution in [0.2, 0.25) is 0 Å². The first-order valence-corrected chi connectivity index (χ1v) is 7.42. The fourth-order valence-corrected chi connectivity index (χ4v) is 2.66. The number of aliphatic hydroxyl groups is 1. The first kappa shape index (κ1) is 14.9. The predicted octanol–water partition coefficient (Wildman–Crippen LogP) is 2.14. The summed E-state index contributed by atoms with van der Waals surface area (Å²) in [6.07, 6.45) is 3.97. The largest absolute Gasteiger partial charge is 0.393 e. The molecule has 1 saturated carbocycles. The van der Waals surface area contributed by atoms with Gasteiger partial charge in [-0.2, -0.15) is 0 Å². The molecule has 1 aliphatic carbocycles. The summed E-state index contributed by atoms with van der Waals surface area (Å²) in [5, 5.41) is 15.3. The molecule has 1 aromatic carbocycles. The Balaban J connectivity index is 1.67. The van der Waals surface area contributed by atoms with Gasteiger partial charge in [0, 0.05) is 12.6 Å². The van der Waals surface area contributed by atoms with Crippen LogP contribution >= 0.6 is 0 Å². The van der Waals surface area contributed by atoms with Gasteiger partial charge in [-0.05, 0) is 50.2 Å². The summed E-state index contributed by atoms with van der Waals surface area (Å²) in [4.78, 5) is 11.8. The van der Waals surface area contributed by atoms with Gasteiger partial charge in [0.2, 0.25) is 0 Å². The van der Waals surface area contributed by atoms with Gasteiger partial charge in [-0.3, -0.25) is 0 Å². The van der Waals surface area contributed by atoms with Gasteiger partial charge in [0.05, 0.1) is 6.10 Å². The molecule has 0 spiro atoms. The molecular weight excluding hydrogens is 252 g/mol. The van der Waals surface area contributed by atoms with Crippen LogP contribution in [0.25, 0.3) is 0 Å². The monoisotopic (exact) mass is 276 g/mol. The third kappa shape index (κ3) is 4.53. The number of hydrogen-bond acceptors (Lipinski definition) is 2. The summed E-state index contributed by atoms with van der Waals surface area (Å²) in [6.45, 7) is 2.73. The van der Waals surface area contributed by atoms with Crippen LogP contribution in [0, 0.1) is 6.92 Å². The van der Waals surface area contributed by atoms with Crippen molar-refractivity contribution in [3.8, 4) is 0 Å². The molecule has 0 saturated heterocycles. The Morgan fingerprint density at radius 2 is 1.95 bits per heavy atom. The molecular formula is C16H24N2O2. The lowest BCUT2D eigenvalue weighted by molar-refractivity contribution is 0.117. The van der Waals surface area contributed by atoms with Gasteiger partial charge in [0.15, 0.2) is 0 Å². The number of nitrogens with one attached hydrogen (secondary N) is 2. The van der Waals surface area contributed by atoms with Gasteiger partial charge in [-0.25, -0.2) is 4.79 Å². The number of rotatable bonds is 4. The SMILES string of the molecule is Cc1ccccc1CCNC(=O)NC1CCC(O)CC1. The molecule has 0 atom stereocenters. The number of hydrogen-bond donors (Lipinski definition) is 3. The summed E-state index contributed by atoms with van der Waals surface area (Å²) < 4.78 is 0. The molecule has 0 radical (unpaired) electrons. The molecule has 0 aliphatic heterocycles. The highest BCUT2D eigenvalue weighted by atomic mass is 16.3. The summed E-state index contributed by atoms with van der Waals surface area (Å²) in [5.41, 5.74) is 2.53. The smallest absolute Gasteiger partial charge is 0.315 e. The lowest BCUT2D eigenvalue weighted by atomic mass is 9.93. The van der Waals surface area contributed by atoms with E-state index in [1.54, 1.807) is 0 Å². The van der Waals surface area contributed by atoms with E-state index < -0.39 is 0 Å². The Morgan fingerprint density at radius 3 is 2.65 bits per heavy atom. The third-order valence-electron chi connectivity index (χ3n) is 3.97. The Bertz CT molecular complexity index is 440. The lowest BCUT2D eigenvalue weighted by Gasteiger charge is -2.26. The highest BCUT2D eigenvalue weighted by molar-refractivity contribution is 5.74. The minimum atomic E-state index is -0.183. The van der Waals surface area contributed by atoms with Gasteiger partial charge < -0.3 is 15.7 Å². The van der Waals surface area contributed by atoms with Gasteiger partial charge in [0.1, 0.15) is 0 Å². The van der Waals surface area contributed by atoms with Crippen molar-refractivity contribution >= 4 is 6.03 Å². The van der Waals surface area contributed by atoms with Crippen LogP contribution in [-0.2, 0) is 6.42 Å². The second kappa shape index (κ2) is 7.29. The Labute approximate surface area is 120 Å². The molecule has 2 rings (SSSR count). The van der Waals surface area contributed by atoms with Crippen LogP contribution in [0.4, 0.5) is 4.79 Å². The zero-order chi connectivity index (χ0) is 14.4. The molecule has 4 heteroatoms. The zero-order valence-corrected chi connectivity index (χ0v) is 12.1. The van der Waals surface area contributed by atoms with E-state index in [-0.39, 0.29) is 18.2 Å². The highest BCUT2D eigenvalue weighted by Crippen LogP contribution is 2.18. The minimum absolute atomic E-state index is 0.0972. The van der Waals surface area contributed by atoms with Gasteiger partial charge in [0.25, 0.3) is 0 Å². The standard InChI is InChI=1S/C16H24N2O2/c1-12-4-2-3-5-13(12)10-11-17-16(20)18-14-6-8-15(19)9-7-14/h2-5,14-15,19H,6-11H2,1H3,(H2,17,18,20). The van der Waals surface area contributed by atoms with Crippen molar-refractivity contribution in [2.75, 3.05) is 6.54 Å². The van der Waals surface area contributed by atoms with Crippen molar-refractivity contribution in [1.29, 1.82) is 0 Å². The highest BCUT2D eigenvalue weighted by Gasteiger charge is 2.20. The predicted molar refractivity (Wildman–Crippen MR) is 79.7 cm³/mol. The lowest BCUT2D eigenvalue weighted by Crippen LogP contribution is -2.44. The van der Waals surface area contributed by atoms with Crippen LogP contribution in [0.5, 0.6) is 0 Å². The number of carbonyl (C=O) groups is 1. The molecule has 110 valence electrons. The van der Waals surface area contributed by atoms with Crippen molar-refractivity contribution < 1.29 is 9.90 Å². The maximum Gasteiger partial charge on any atom is 0.315 e. The van der Waals surface area contributed by atoms with Crippen LogP contribution in [0.3, 0.4) is 0 Å². The fourth-order valence-electron chi connectivity index (χ4n) is 2.66. The van der Waals surface area contributed by atoms with E-state index in [4.69, 9.17) is 0 Å². The van der Waals surface area contributed by atoms with Crippen molar-refractivity contribution in [3.05, 3.63) is 35.4 Å². The van der Waals surface area contributed by atoms with E-state index in [0.717, 1.165) is 32.1 Å². The molecule has 0 aromatic heterocycles.